The molecule has 1 aliphatic rings. The van der Waals surface area contributed by atoms with Crippen molar-refractivity contribution in [3.8, 4) is 5.69 Å². The highest BCUT2D eigenvalue weighted by molar-refractivity contribution is 6.05. The molecule has 0 spiro atoms. The second-order valence-corrected chi connectivity index (χ2v) is 7.52. The van der Waals surface area contributed by atoms with Crippen LogP contribution in [0.4, 0.5) is 5.82 Å². The number of esters is 1. The van der Waals surface area contributed by atoms with Crippen molar-refractivity contribution in [2.75, 3.05) is 38.2 Å². The minimum absolute atomic E-state index is 0.196. The van der Waals surface area contributed by atoms with E-state index in [0.717, 1.165) is 5.69 Å². The first-order valence-electron chi connectivity index (χ1n) is 10.5. The molecular weight excluding hydrogens is 422 g/mol. The summed E-state index contributed by atoms with van der Waals surface area (Å²) in [7, 11) is 1.30. The van der Waals surface area contributed by atoms with Gasteiger partial charge in [-0.15, -0.1) is 5.10 Å². The zero-order valence-corrected chi connectivity index (χ0v) is 18.0. The third-order valence-electron chi connectivity index (χ3n) is 5.65. The Bertz CT molecular complexity index is 1310. The minimum Gasteiger partial charge on any atom is -0.465 e. The number of hydrogen-bond donors (Lipinski definition) is 0. The van der Waals surface area contributed by atoms with Gasteiger partial charge in [-0.25, -0.2) is 14.8 Å². The molecule has 4 aromatic rings. The molecule has 2 aromatic heterocycles. The van der Waals surface area contributed by atoms with E-state index < -0.39 is 5.97 Å². The Kier molecular flexibility index (Phi) is 5.39. The van der Waals surface area contributed by atoms with E-state index in [0.29, 0.717) is 48.7 Å². The molecule has 0 unspecified atom stereocenters. The average molecular weight is 443 g/mol. The summed E-state index contributed by atoms with van der Waals surface area (Å²) >= 11 is 0. The number of piperazine rings is 1. The van der Waals surface area contributed by atoms with Crippen LogP contribution in [0.2, 0.25) is 0 Å². The number of carbonyl (C=O) groups is 2. The summed E-state index contributed by atoms with van der Waals surface area (Å²) < 4.78 is 6.50. The molecule has 1 aliphatic heterocycles. The monoisotopic (exact) mass is 443 g/mol. The zero-order valence-electron chi connectivity index (χ0n) is 18.0. The van der Waals surface area contributed by atoms with Gasteiger partial charge in [-0.1, -0.05) is 35.5 Å². The molecule has 33 heavy (non-hydrogen) atoms. The molecule has 0 aliphatic carbocycles. The largest absolute Gasteiger partial charge is 0.465 e. The fourth-order valence-electron chi connectivity index (χ4n) is 3.96. The highest BCUT2D eigenvalue weighted by Gasteiger charge is 2.27. The van der Waals surface area contributed by atoms with Crippen LogP contribution in [0.1, 0.15) is 20.7 Å². The summed E-state index contributed by atoms with van der Waals surface area (Å²) in [5.74, 6) is -0.0368. The third kappa shape index (κ3) is 3.75. The quantitative estimate of drug-likeness (QED) is 0.441. The number of nitrogens with zero attached hydrogens (tertiary/aromatic N) is 7. The van der Waals surface area contributed by atoms with Gasteiger partial charge in [-0.3, -0.25) is 4.79 Å². The molecule has 3 heterocycles. The van der Waals surface area contributed by atoms with Crippen LogP contribution in [-0.4, -0.2) is 75.0 Å². The van der Waals surface area contributed by atoms with Crippen LogP contribution in [0, 0.1) is 0 Å². The smallest absolute Gasteiger partial charge is 0.338 e. The van der Waals surface area contributed by atoms with Crippen molar-refractivity contribution in [3.05, 3.63) is 72.1 Å². The molecule has 5 rings (SSSR count). The summed E-state index contributed by atoms with van der Waals surface area (Å²) in [6, 6.07) is 16.4. The van der Waals surface area contributed by atoms with Crippen molar-refractivity contribution in [2.45, 2.75) is 0 Å². The van der Waals surface area contributed by atoms with E-state index in [-0.39, 0.29) is 11.5 Å². The maximum atomic E-state index is 13.1. The number of hydrogen-bond acceptors (Lipinski definition) is 8. The first-order chi connectivity index (χ1) is 16.2. The second-order valence-electron chi connectivity index (χ2n) is 7.52. The SMILES string of the molecule is COC(=O)c1ccccc1C(=O)N1CCN(c2ncnc3c2nnn3-c2ccccc2)CC1. The van der Waals surface area contributed by atoms with E-state index >= 15 is 0 Å². The van der Waals surface area contributed by atoms with Gasteiger partial charge < -0.3 is 14.5 Å². The van der Waals surface area contributed by atoms with E-state index in [1.807, 2.05) is 30.3 Å². The van der Waals surface area contributed by atoms with E-state index in [1.165, 1.54) is 13.4 Å². The molecule has 1 saturated heterocycles. The number of fused-ring (bicyclic) bond motifs is 1. The predicted octanol–water partition coefficient (Wildman–Crippen LogP) is 1.96. The number of para-hydroxylation sites is 1. The zero-order chi connectivity index (χ0) is 22.8. The predicted molar refractivity (Wildman–Crippen MR) is 120 cm³/mol. The fraction of sp³-hybridized carbons (Fsp3) is 0.217. The lowest BCUT2D eigenvalue weighted by Crippen LogP contribution is -2.49. The Morgan fingerprint density at radius 2 is 1.58 bits per heavy atom. The van der Waals surface area contributed by atoms with Crippen LogP contribution in [0.3, 0.4) is 0 Å². The summed E-state index contributed by atoms with van der Waals surface area (Å²) in [5, 5.41) is 8.59. The third-order valence-corrected chi connectivity index (χ3v) is 5.65. The van der Waals surface area contributed by atoms with Crippen LogP contribution in [0.5, 0.6) is 0 Å². The average Bonchev–Trinajstić information content (AvgIpc) is 3.33. The maximum absolute atomic E-state index is 13.1. The maximum Gasteiger partial charge on any atom is 0.338 e. The molecule has 2 aromatic carbocycles. The van der Waals surface area contributed by atoms with Crippen LogP contribution in [-0.2, 0) is 4.74 Å². The van der Waals surface area contributed by atoms with Crippen LogP contribution in [0.15, 0.2) is 60.9 Å². The standard InChI is InChI=1S/C23H21N7O3/c1-33-23(32)18-10-6-5-9-17(18)22(31)29-13-11-28(12-14-29)20-19-21(25-15-24-20)30(27-26-19)16-7-3-2-4-8-16/h2-10,15H,11-14H2,1H3. The Labute approximate surface area is 189 Å². The number of methoxy groups -OCH3 is 1. The van der Waals surface area contributed by atoms with Gasteiger partial charge in [0.2, 0.25) is 0 Å². The number of carbonyl (C=O) groups excluding carboxylic acids is 2. The van der Waals surface area contributed by atoms with Crippen LogP contribution in [0.25, 0.3) is 16.9 Å². The lowest BCUT2D eigenvalue weighted by molar-refractivity contribution is 0.0589. The lowest BCUT2D eigenvalue weighted by Gasteiger charge is -2.35. The summed E-state index contributed by atoms with van der Waals surface area (Å²) in [6.07, 6.45) is 1.50. The Morgan fingerprint density at radius 3 is 2.30 bits per heavy atom. The molecular formula is C23H21N7O3. The lowest BCUT2D eigenvalue weighted by atomic mass is 10.1. The molecule has 10 heteroatoms. The van der Waals surface area contributed by atoms with E-state index in [4.69, 9.17) is 4.74 Å². The van der Waals surface area contributed by atoms with E-state index in [2.05, 4.69) is 25.2 Å². The van der Waals surface area contributed by atoms with E-state index in [9.17, 15) is 9.59 Å². The molecule has 0 saturated carbocycles. The van der Waals surface area contributed by atoms with Crippen molar-refractivity contribution in [1.82, 2.24) is 29.9 Å². The Morgan fingerprint density at radius 1 is 0.879 bits per heavy atom. The van der Waals surface area contributed by atoms with Crippen molar-refractivity contribution < 1.29 is 14.3 Å². The molecule has 0 bridgehead atoms. The van der Waals surface area contributed by atoms with E-state index in [1.54, 1.807) is 33.8 Å². The Balaban J connectivity index is 1.36. The van der Waals surface area contributed by atoms with Crippen molar-refractivity contribution in [1.29, 1.82) is 0 Å². The van der Waals surface area contributed by atoms with Gasteiger partial charge in [0.1, 0.15) is 6.33 Å². The van der Waals surface area contributed by atoms with Gasteiger partial charge in [0.05, 0.1) is 23.9 Å². The summed E-state index contributed by atoms with van der Waals surface area (Å²) in [5.41, 5.74) is 2.70. The number of aromatic nitrogens is 5. The van der Waals surface area contributed by atoms with Crippen molar-refractivity contribution in [3.63, 3.8) is 0 Å². The molecule has 10 nitrogen and oxygen atoms in total. The summed E-state index contributed by atoms with van der Waals surface area (Å²) in [4.78, 5) is 37.8. The van der Waals surface area contributed by atoms with Gasteiger partial charge >= 0.3 is 5.97 Å². The van der Waals surface area contributed by atoms with Gasteiger partial charge in [0.25, 0.3) is 5.91 Å². The van der Waals surface area contributed by atoms with Crippen molar-refractivity contribution in [2.24, 2.45) is 0 Å². The molecule has 0 radical (unpaired) electrons. The molecule has 1 fully saturated rings. The first-order valence-corrected chi connectivity index (χ1v) is 10.5. The first kappa shape index (κ1) is 20.6. The normalized spacial score (nSPS) is 13.8. The van der Waals surface area contributed by atoms with Crippen LogP contribution < -0.4 is 4.90 Å². The molecule has 1 amide bonds. The van der Waals surface area contributed by atoms with Crippen molar-refractivity contribution >= 4 is 28.9 Å². The van der Waals surface area contributed by atoms with Gasteiger partial charge in [0.15, 0.2) is 17.0 Å². The fourth-order valence-corrected chi connectivity index (χ4v) is 3.96. The molecule has 166 valence electrons. The second kappa shape index (κ2) is 8.65. The molecule has 0 N–H and O–H groups in total. The van der Waals surface area contributed by atoms with Gasteiger partial charge in [-0.05, 0) is 24.3 Å². The summed E-state index contributed by atoms with van der Waals surface area (Å²) in [6.45, 7) is 2.09. The highest BCUT2D eigenvalue weighted by Crippen LogP contribution is 2.24. The highest BCUT2D eigenvalue weighted by atomic mass is 16.5. The number of anilines is 1. The van der Waals surface area contributed by atoms with Crippen LogP contribution >= 0.6 is 0 Å². The number of ether oxygens (including phenoxy) is 1. The Hall–Kier alpha value is -4.34. The topological polar surface area (TPSA) is 106 Å². The molecule has 0 atom stereocenters. The number of benzene rings is 2. The van der Waals surface area contributed by atoms with Gasteiger partial charge in [-0.2, -0.15) is 4.68 Å². The minimum atomic E-state index is -0.525. The number of amides is 1. The number of rotatable bonds is 4. The van der Waals surface area contributed by atoms with Gasteiger partial charge in [0, 0.05) is 26.2 Å².